The molecule has 29 heavy (non-hydrogen) atoms. The Labute approximate surface area is 165 Å². The van der Waals surface area contributed by atoms with E-state index >= 15 is 0 Å². The number of hydrogen-bond acceptors (Lipinski definition) is 6. The quantitative estimate of drug-likeness (QED) is 0.576. The Kier molecular flexibility index (Phi) is 7.05. The van der Waals surface area contributed by atoms with Gasteiger partial charge in [-0.15, -0.1) is 0 Å². The van der Waals surface area contributed by atoms with Gasteiger partial charge < -0.3 is 20.2 Å². The van der Waals surface area contributed by atoms with Gasteiger partial charge in [-0.1, -0.05) is 6.07 Å². The number of furan rings is 1. The molecule has 0 unspecified atom stereocenters. The van der Waals surface area contributed by atoms with E-state index in [0.29, 0.717) is 0 Å². The van der Waals surface area contributed by atoms with Crippen molar-refractivity contribution >= 4 is 23.7 Å². The first-order chi connectivity index (χ1) is 13.6. The lowest BCUT2D eigenvalue weighted by Crippen LogP contribution is -2.31. The summed E-state index contributed by atoms with van der Waals surface area (Å²) in [4.78, 5) is 36.0. The number of carbonyl (C=O) groups is 3. The number of hydrogen-bond donors (Lipinski definition) is 3. The number of nitrogens with two attached hydrogens (primary N) is 1. The largest absolute Gasteiger partial charge is 0.462 e. The number of rotatable bonds is 8. The van der Waals surface area contributed by atoms with Crippen LogP contribution >= 0.6 is 0 Å². The van der Waals surface area contributed by atoms with Gasteiger partial charge in [0.15, 0.2) is 0 Å². The summed E-state index contributed by atoms with van der Waals surface area (Å²) in [6.45, 7) is 4.40. The second kappa shape index (κ2) is 9.28. The lowest BCUT2D eigenvalue weighted by molar-refractivity contribution is -0.115. The molecule has 1 heterocycles. The number of esters is 1. The standard InChI is InChI=1S/C19H21F2N3O5/c1-4-28-19(27)15-10(3)29-18(16(15)17(22)26)24-14(25)8-23-9(2)12-6-5-11(20)7-13(12)21/h5-7,9,23H,4,8H2,1-3H3,(H2,22,26)(H,24,25)/t9-/m1/s1. The van der Waals surface area contributed by atoms with Gasteiger partial charge in [-0.3, -0.25) is 14.9 Å². The zero-order chi connectivity index (χ0) is 21.7. The third-order valence-electron chi connectivity index (χ3n) is 4.06. The van der Waals surface area contributed by atoms with Crippen LogP contribution in [0.1, 0.15) is 51.9 Å². The zero-order valence-corrected chi connectivity index (χ0v) is 16.1. The average Bonchev–Trinajstić information content (AvgIpc) is 2.96. The summed E-state index contributed by atoms with van der Waals surface area (Å²) >= 11 is 0. The molecule has 156 valence electrons. The molecule has 0 bridgehead atoms. The Bertz CT molecular complexity index is 942. The summed E-state index contributed by atoms with van der Waals surface area (Å²) < 4.78 is 37.0. The van der Waals surface area contributed by atoms with E-state index < -0.39 is 35.5 Å². The molecule has 0 aliphatic heterocycles. The van der Waals surface area contributed by atoms with Crippen LogP contribution < -0.4 is 16.4 Å². The van der Waals surface area contributed by atoms with Crippen LogP contribution in [0.3, 0.4) is 0 Å². The molecule has 0 saturated carbocycles. The molecule has 2 amide bonds. The Morgan fingerprint density at radius 2 is 1.93 bits per heavy atom. The van der Waals surface area contributed by atoms with Crippen LogP contribution in [0.25, 0.3) is 0 Å². The van der Waals surface area contributed by atoms with Crippen molar-refractivity contribution in [2.45, 2.75) is 26.8 Å². The first-order valence-corrected chi connectivity index (χ1v) is 8.74. The highest BCUT2D eigenvalue weighted by molar-refractivity contribution is 6.10. The molecule has 0 aliphatic carbocycles. The van der Waals surface area contributed by atoms with E-state index in [9.17, 15) is 23.2 Å². The van der Waals surface area contributed by atoms with E-state index in [2.05, 4.69) is 10.6 Å². The maximum atomic E-state index is 13.8. The van der Waals surface area contributed by atoms with Crippen LogP contribution in [0.4, 0.5) is 14.7 Å². The highest BCUT2D eigenvalue weighted by Crippen LogP contribution is 2.27. The van der Waals surface area contributed by atoms with Crippen molar-refractivity contribution < 1.29 is 32.3 Å². The predicted molar refractivity (Wildman–Crippen MR) is 99.3 cm³/mol. The molecule has 0 spiro atoms. The van der Waals surface area contributed by atoms with E-state index in [4.69, 9.17) is 14.9 Å². The molecule has 0 aliphatic rings. The number of aryl methyl sites for hydroxylation is 1. The normalized spacial score (nSPS) is 11.8. The van der Waals surface area contributed by atoms with Gasteiger partial charge in [0.2, 0.25) is 11.8 Å². The molecule has 1 atom stereocenters. The fourth-order valence-electron chi connectivity index (χ4n) is 2.70. The summed E-state index contributed by atoms with van der Waals surface area (Å²) in [5, 5.41) is 5.12. The Morgan fingerprint density at radius 3 is 2.52 bits per heavy atom. The first kappa shape index (κ1) is 22.0. The van der Waals surface area contributed by atoms with Crippen LogP contribution in [0.5, 0.6) is 0 Å². The van der Waals surface area contributed by atoms with Crippen molar-refractivity contribution in [3.63, 3.8) is 0 Å². The number of carbonyl (C=O) groups excluding carboxylic acids is 3. The van der Waals surface area contributed by atoms with Gasteiger partial charge in [0.05, 0.1) is 13.2 Å². The van der Waals surface area contributed by atoms with Crippen LogP contribution in [0, 0.1) is 18.6 Å². The molecule has 1 aromatic carbocycles. The fourth-order valence-corrected chi connectivity index (χ4v) is 2.70. The summed E-state index contributed by atoms with van der Waals surface area (Å²) in [6.07, 6.45) is 0. The molecule has 10 heteroatoms. The summed E-state index contributed by atoms with van der Waals surface area (Å²) in [5.74, 6) is -4.10. The van der Waals surface area contributed by atoms with E-state index in [0.717, 1.165) is 12.1 Å². The number of halogens is 2. The zero-order valence-electron chi connectivity index (χ0n) is 16.1. The fraction of sp³-hybridized carbons (Fsp3) is 0.316. The van der Waals surface area contributed by atoms with Gasteiger partial charge in [0.1, 0.15) is 28.5 Å². The number of nitrogens with one attached hydrogen (secondary N) is 2. The SMILES string of the molecule is CCOC(=O)c1c(C)oc(NC(=O)CN[C@H](C)c2ccc(F)cc2F)c1C(N)=O. The van der Waals surface area contributed by atoms with Gasteiger partial charge in [-0.05, 0) is 26.8 Å². The lowest BCUT2D eigenvalue weighted by atomic mass is 10.1. The summed E-state index contributed by atoms with van der Waals surface area (Å²) in [6, 6.07) is 2.52. The minimum absolute atomic E-state index is 0.0576. The van der Waals surface area contributed by atoms with Crippen molar-refractivity contribution in [3.05, 3.63) is 52.3 Å². The molecule has 1 aromatic heterocycles. The van der Waals surface area contributed by atoms with Gasteiger partial charge >= 0.3 is 5.97 Å². The maximum absolute atomic E-state index is 13.8. The van der Waals surface area contributed by atoms with Crippen LogP contribution in [0.2, 0.25) is 0 Å². The average molecular weight is 409 g/mol. The number of primary amides is 1. The lowest BCUT2D eigenvalue weighted by Gasteiger charge is -2.14. The first-order valence-electron chi connectivity index (χ1n) is 8.74. The molecule has 0 radical (unpaired) electrons. The third-order valence-corrected chi connectivity index (χ3v) is 4.06. The van der Waals surface area contributed by atoms with Crippen molar-refractivity contribution in [2.75, 3.05) is 18.5 Å². The van der Waals surface area contributed by atoms with Gasteiger partial charge in [0, 0.05) is 17.7 Å². The summed E-state index contributed by atoms with van der Waals surface area (Å²) in [5.41, 5.74) is 5.03. The van der Waals surface area contributed by atoms with Crippen molar-refractivity contribution in [1.29, 1.82) is 0 Å². The monoisotopic (exact) mass is 409 g/mol. The third kappa shape index (κ3) is 5.17. The molecule has 2 aromatic rings. The second-order valence-electron chi connectivity index (χ2n) is 6.14. The molecule has 4 N–H and O–H groups in total. The number of amides is 2. The Balaban J connectivity index is 2.11. The van der Waals surface area contributed by atoms with Crippen LogP contribution in [-0.2, 0) is 9.53 Å². The van der Waals surface area contributed by atoms with Crippen LogP contribution in [0.15, 0.2) is 22.6 Å². The van der Waals surface area contributed by atoms with E-state index in [1.165, 1.54) is 13.0 Å². The smallest absolute Gasteiger partial charge is 0.342 e. The molecule has 8 nitrogen and oxygen atoms in total. The topological polar surface area (TPSA) is 124 Å². The number of anilines is 1. The summed E-state index contributed by atoms with van der Waals surface area (Å²) in [7, 11) is 0. The van der Waals surface area contributed by atoms with Crippen molar-refractivity contribution in [1.82, 2.24) is 5.32 Å². The van der Waals surface area contributed by atoms with Gasteiger partial charge in [0.25, 0.3) is 5.91 Å². The van der Waals surface area contributed by atoms with Crippen molar-refractivity contribution in [2.24, 2.45) is 5.73 Å². The van der Waals surface area contributed by atoms with E-state index in [1.54, 1.807) is 13.8 Å². The van der Waals surface area contributed by atoms with Crippen LogP contribution in [-0.4, -0.2) is 30.9 Å². The van der Waals surface area contributed by atoms with Crippen molar-refractivity contribution in [3.8, 4) is 0 Å². The Morgan fingerprint density at radius 1 is 1.24 bits per heavy atom. The van der Waals surface area contributed by atoms with E-state index in [1.807, 2.05) is 0 Å². The van der Waals surface area contributed by atoms with Gasteiger partial charge in [-0.2, -0.15) is 0 Å². The maximum Gasteiger partial charge on any atom is 0.342 e. The van der Waals surface area contributed by atoms with E-state index in [-0.39, 0.29) is 41.5 Å². The number of ether oxygens (including phenoxy) is 1. The molecular formula is C19H21F2N3O5. The number of benzene rings is 1. The molecule has 2 rings (SSSR count). The predicted octanol–water partition coefficient (Wildman–Crippen LogP) is 2.43. The highest BCUT2D eigenvalue weighted by Gasteiger charge is 2.29. The molecular weight excluding hydrogens is 388 g/mol. The molecule has 0 saturated heterocycles. The molecule has 0 fully saturated rings. The Hall–Kier alpha value is -3.27. The highest BCUT2D eigenvalue weighted by atomic mass is 19.1. The minimum atomic E-state index is -0.977. The minimum Gasteiger partial charge on any atom is -0.462 e. The second-order valence-corrected chi connectivity index (χ2v) is 6.14. The van der Waals surface area contributed by atoms with Gasteiger partial charge in [-0.25, -0.2) is 13.6 Å².